The van der Waals surface area contributed by atoms with Crippen LogP contribution in [0.5, 0.6) is 0 Å². The SMILES string of the molecule is CC(C)C[C@H](NC(=O)OC(C)(C)C)[C@@H](O)/C=C/c1ccccc1. The standard InChI is InChI=1S/C19H29NO3/c1-14(2)13-16(20-18(22)23-19(3,4)5)17(21)12-11-15-9-7-6-8-10-15/h6-12,14,16-17,21H,13H2,1-5H3,(H,20,22)/b12-11+/t16-,17-/m0/s1. The molecule has 0 radical (unpaired) electrons. The number of carbonyl (C=O) groups excluding carboxylic acids is 1. The van der Waals surface area contributed by atoms with Crippen molar-refractivity contribution in [3.05, 3.63) is 42.0 Å². The highest BCUT2D eigenvalue weighted by atomic mass is 16.6. The smallest absolute Gasteiger partial charge is 0.407 e. The van der Waals surface area contributed by atoms with Crippen LogP contribution in [0.1, 0.15) is 46.6 Å². The maximum Gasteiger partial charge on any atom is 0.407 e. The number of amides is 1. The second kappa shape index (κ2) is 8.73. The summed E-state index contributed by atoms with van der Waals surface area (Å²) in [5.41, 5.74) is 0.448. The van der Waals surface area contributed by atoms with Gasteiger partial charge in [0.15, 0.2) is 0 Å². The Morgan fingerprint density at radius 2 is 1.87 bits per heavy atom. The molecule has 1 aromatic carbocycles. The van der Waals surface area contributed by atoms with E-state index < -0.39 is 17.8 Å². The van der Waals surface area contributed by atoms with Crippen LogP contribution in [-0.4, -0.2) is 28.9 Å². The van der Waals surface area contributed by atoms with Gasteiger partial charge in [0.1, 0.15) is 5.60 Å². The van der Waals surface area contributed by atoms with Gasteiger partial charge in [0.2, 0.25) is 0 Å². The van der Waals surface area contributed by atoms with Gasteiger partial charge >= 0.3 is 6.09 Å². The first kappa shape index (κ1) is 19.2. The minimum atomic E-state index is -0.773. The fourth-order valence-electron chi connectivity index (χ4n) is 2.16. The summed E-state index contributed by atoms with van der Waals surface area (Å²) in [6.45, 7) is 9.55. The first-order chi connectivity index (χ1) is 10.7. The molecule has 0 saturated heterocycles. The van der Waals surface area contributed by atoms with Crippen LogP contribution in [0.15, 0.2) is 36.4 Å². The second-order valence-corrected chi connectivity index (χ2v) is 7.14. The van der Waals surface area contributed by atoms with Gasteiger partial charge in [-0.25, -0.2) is 4.79 Å². The minimum absolute atomic E-state index is 0.342. The van der Waals surface area contributed by atoms with E-state index in [2.05, 4.69) is 19.2 Å². The lowest BCUT2D eigenvalue weighted by molar-refractivity contribution is 0.0442. The fourth-order valence-corrected chi connectivity index (χ4v) is 2.16. The molecular formula is C19H29NO3. The van der Waals surface area contributed by atoms with Crippen molar-refractivity contribution in [3.63, 3.8) is 0 Å². The summed E-state index contributed by atoms with van der Waals surface area (Å²) >= 11 is 0. The number of carbonyl (C=O) groups is 1. The van der Waals surface area contributed by atoms with Crippen LogP contribution in [0.25, 0.3) is 6.08 Å². The largest absolute Gasteiger partial charge is 0.444 e. The number of aliphatic hydroxyl groups excluding tert-OH is 1. The summed E-state index contributed by atoms with van der Waals surface area (Å²) < 4.78 is 5.28. The summed E-state index contributed by atoms with van der Waals surface area (Å²) in [5.74, 6) is 0.342. The van der Waals surface area contributed by atoms with Crippen molar-refractivity contribution in [3.8, 4) is 0 Å². The maximum absolute atomic E-state index is 12.0. The van der Waals surface area contributed by atoms with Gasteiger partial charge in [-0.3, -0.25) is 0 Å². The summed E-state index contributed by atoms with van der Waals surface area (Å²) in [7, 11) is 0. The number of rotatable bonds is 6. The predicted molar refractivity (Wildman–Crippen MR) is 94.1 cm³/mol. The molecule has 0 aliphatic rings. The molecular weight excluding hydrogens is 290 g/mol. The van der Waals surface area contributed by atoms with Crippen molar-refractivity contribution in [2.45, 2.75) is 58.8 Å². The molecule has 4 heteroatoms. The molecule has 0 fully saturated rings. The Morgan fingerprint density at radius 1 is 1.26 bits per heavy atom. The van der Waals surface area contributed by atoms with Gasteiger partial charge < -0.3 is 15.2 Å². The van der Waals surface area contributed by atoms with Crippen LogP contribution in [0.3, 0.4) is 0 Å². The Morgan fingerprint density at radius 3 is 2.39 bits per heavy atom. The molecule has 2 atom stereocenters. The highest BCUT2D eigenvalue weighted by Gasteiger charge is 2.24. The van der Waals surface area contributed by atoms with Crippen molar-refractivity contribution in [2.24, 2.45) is 5.92 Å². The van der Waals surface area contributed by atoms with Crippen LogP contribution in [0.2, 0.25) is 0 Å². The molecule has 4 nitrogen and oxygen atoms in total. The van der Waals surface area contributed by atoms with Crippen LogP contribution in [-0.2, 0) is 4.74 Å². The quantitative estimate of drug-likeness (QED) is 0.833. The monoisotopic (exact) mass is 319 g/mol. The van der Waals surface area contributed by atoms with E-state index in [0.29, 0.717) is 12.3 Å². The molecule has 23 heavy (non-hydrogen) atoms. The van der Waals surface area contributed by atoms with Gasteiger partial charge in [-0.15, -0.1) is 0 Å². The lowest BCUT2D eigenvalue weighted by atomic mass is 9.98. The van der Waals surface area contributed by atoms with E-state index in [1.54, 1.807) is 6.08 Å². The third kappa shape index (κ3) is 8.41. The normalized spacial score (nSPS) is 14.7. The number of alkyl carbamates (subject to hydrolysis) is 1. The lowest BCUT2D eigenvalue weighted by Crippen LogP contribution is -2.45. The zero-order valence-corrected chi connectivity index (χ0v) is 14.7. The van der Waals surface area contributed by atoms with Gasteiger partial charge in [0.25, 0.3) is 0 Å². The topological polar surface area (TPSA) is 58.6 Å². The Hall–Kier alpha value is -1.81. The average molecular weight is 319 g/mol. The van der Waals surface area contributed by atoms with Crippen molar-refractivity contribution in [1.82, 2.24) is 5.32 Å². The van der Waals surface area contributed by atoms with Gasteiger partial charge in [0, 0.05) is 0 Å². The third-order valence-corrected chi connectivity index (χ3v) is 3.13. The molecule has 0 saturated carbocycles. The number of nitrogens with one attached hydrogen (secondary N) is 1. The Balaban J connectivity index is 2.72. The molecule has 0 aliphatic carbocycles. The van der Waals surface area contributed by atoms with Crippen molar-refractivity contribution in [1.29, 1.82) is 0 Å². The molecule has 0 spiro atoms. The van der Waals surface area contributed by atoms with Crippen molar-refractivity contribution in [2.75, 3.05) is 0 Å². The van der Waals surface area contributed by atoms with Gasteiger partial charge in [-0.05, 0) is 38.7 Å². The van der Waals surface area contributed by atoms with E-state index in [0.717, 1.165) is 5.56 Å². The van der Waals surface area contributed by atoms with Crippen LogP contribution >= 0.6 is 0 Å². The summed E-state index contributed by atoms with van der Waals surface area (Å²) in [6.07, 6.45) is 2.95. The van der Waals surface area contributed by atoms with Crippen molar-refractivity contribution < 1.29 is 14.6 Å². The summed E-state index contributed by atoms with van der Waals surface area (Å²) in [6, 6.07) is 9.36. The first-order valence-corrected chi connectivity index (χ1v) is 8.08. The molecule has 0 aliphatic heterocycles. The van der Waals surface area contributed by atoms with E-state index >= 15 is 0 Å². The number of hydrogen-bond acceptors (Lipinski definition) is 3. The summed E-state index contributed by atoms with van der Waals surface area (Å²) in [5, 5.41) is 13.2. The van der Waals surface area contributed by atoms with Crippen LogP contribution in [0.4, 0.5) is 4.79 Å². The van der Waals surface area contributed by atoms with Crippen LogP contribution in [0, 0.1) is 5.92 Å². The molecule has 1 amide bonds. The third-order valence-electron chi connectivity index (χ3n) is 3.13. The molecule has 0 unspecified atom stereocenters. The zero-order valence-electron chi connectivity index (χ0n) is 14.7. The van der Waals surface area contributed by atoms with E-state index in [4.69, 9.17) is 4.74 Å². The average Bonchev–Trinajstić information content (AvgIpc) is 2.42. The van der Waals surface area contributed by atoms with E-state index in [1.807, 2.05) is 57.2 Å². The summed E-state index contributed by atoms with van der Waals surface area (Å²) in [4.78, 5) is 12.0. The van der Waals surface area contributed by atoms with E-state index in [-0.39, 0.29) is 6.04 Å². The van der Waals surface area contributed by atoms with Gasteiger partial charge in [-0.2, -0.15) is 0 Å². The Labute approximate surface area is 139 Å². The Bertz CT molecular complexity index is 503. The number of aliphatic hydroxyl groups is 1. The number of benzene rings is 1. The predicted octanol–water partition coefficient (Wildman–Crippen LogP) is 4.00. The van der Waals surface area contributed by atoms with Crippen molar-refractivity contribution >= 4 is 12.2 Å². The molecule has 2 N–H and O–H groups in total. The van der Waals surface area contributed by atoms with E-state index in [1.165, 1.54) is 0 Å². The Kier molecular flexibility index (Phi) is 7.30. The highest BCUT2D eigenvalue weighted by Crippen LogP contribution is 2.13. The molecule has 128 valence electrons. The fraction of sp³-hybridized carbons (Fsp3) is 0.526. The molecule has 1 aromatic rings. The molecule has 0 aromatic heterocycles. The van der Waals surface area contributed by atoms with Crippen LogP contribution < -0.4 is 5.32 Å². The van der Waals surface area contributed by atoms with Gasteiger partial charge in [-0.1, -0.05) is 56.3 Å². The maximum atomic E-state index is 12.0. The molecule has 0 heterocycles. The molecule has 0 bridgehead atoms. The number of hydrogen-bond donors (Lipinski definition) is 2. The van der Waals surface area contributed by atoms with E-state index in [9.17, 15) is 9.90 Å². The minimum Gasteiger partial charge on any atom is -0.444 e. The van der Waals surface area contributed by atoms with Gasteiger partial charge in [0.05, 0.1) is 12.1 Å². The molecule has 1 rings (SSSR count). The second-order valence-electron chi connectivity index (χ2n) is 7.14. The number of ether oxygens (including phenoxy) is 1. The first-order valence-electron chi connectivity index (χ1n) is 8.08. The highest BCUT2D eigenvalue weighted by molar-refractivity contribution is 5.68. The lowest BCUT2D eigenvalue weighted by Gasteiger charge is -2.26. The zero-order chi connectivity index (χ0) is 17.5.